The summed E-state index contributed by atoms with van der Waals surface area (Å²) in [7, 11) is 3.78. The van der Waals surface area contributed by atoms with Gasteiger partial charge < -0.3 is 5.32 Å². The summed E-state index contributed by atoms with van der Waals surface area (Å²) >= 11 is 0. The quantitative estimate of drug-likeness (QED) is 0.778. The van der Waals surface area contributed by atoms with Crippen LogP contribution in [0.2, 0.25) is 0 Å². The molecule has 1 rings (SSSR count). The predicted octanol–water partition coefficient (Wildman–Crippen LogP) is 0.853. The number of ketones is 2. The van der Waals surface area contributed by atoms with Gasteiger partial charge in [0.25, 0.3) is 0 Å². The maximum atomic E-state index is 10.8. The number of carbonyl (C=O) groups is 2. The van der Waals surface area contributed by atoms with Gasteiger partial charge >= 0.3 is 0 Å². The molecule has 16 heavy (non-hydrogen) atoms. The SMILES string of the molecule is CC(=O)[C@@H]1CCCN1C.CNC(C)C(C)=O. The maximum Gasteiger partial charge on any atom is 0.146 e. The van der Waals surface area contributed by atoms with E-state index in [1.54, 1.807) is 20.9 Å². The van der Waals surface area contributed by atoms with Gasteiger partial charge in [-0.15, -0.1) is 0 Å². The fourth-order valence-electron chi connectivity index (χ4n) is 1.63. The Kier molecular flexibility index (Phi) is 7.17. The van der Waals surface area contributed by atoms with Crippen LogP contribution in [0.25, 0.3) is 0 Å². The lowest BCUT2D eigenvalue weighted by Crippen LogP contribution is -2.30. The van der Waals surface area contributed by atoms with E-state index in [4.69, 9.17) is 0 Å². The summed E-state index contributed by atoms with van der Waals surface area (Å²) in [6, 6.07) is 0.241. The first-order valence-corrected chi connectivity index (χ1v) is 5.78. The maximum absolute atomic E-state index is 10.8. The number of hydrogen-bond acceptors (Lipinski definition) is 4. The number of rotatable bonds is 3. The third-order valence-electron chi connectivity index (χ3n) is 3.03. The molecule has 1 fully saturated rings. The van der Waals surface area contributed by atoms with E-state index >= 15 is 0 Å². The van der Waals surface area contributed by atoms with Crippen molar-refractivity contribution in [2.45, 2.75) is 45.7 Å². The van der Waals surface area contributed by atoms with Crippen molar-refractivity contribution in [1.29, 1.82) is 0 Å². The van der Waals surface area contributed by atoms with Crippen LogP contribution >= 0.6 is 0 Å². The first kappa shape index (κ1) is 15.3. The number of hydrogen-bond donors (Lipinski definition) is 1. The summed E-state index contributed by atoms with van der Waals surface area (Å²) in [4.78, 5) is 23.3. The Labute approximate surface area is 98.4 Å². The van der Waals surface area contributed by atoms with E-state index < -0.39 is 0 Å². The van der Waals surface area contributed by atoms with Crippen LogP contribution in [0.4, 0.5) is 0 Å². The molecule has 0 aromatic carbocycles. The molecular formula is C12H24N2O2. The number of nitrogens with one attached hydrogen (secondary N) is 1. The lowest BCUT2D eigenvalue weighted by molar-refractivity contribution is -0.121. The number of likely N-dealkylation sites (tertiary alicyclic amines) is 1. The predicted molar refractivity (Wildman–Crippen MR) is 65.5 cm³/mol. The molecule has 4 nitrogen and oxygen atoms in total. The molecule has 0 bridgehead atoms. The molecule has 0 aromatic heterocycles. The van der Waals surface area contributed by atoms with Crippen molar-refractivity contribution >= 4 is 11.6 Å². The molecule has 0 aromatic rings. The van der Waals surface area contributed by atoms with Crippen LogP contribution in [0, 0.1) is 0 Å². The second kappa shape index (κ2) is 7.52. The molecule has 1 aliphatic rings. The fourth-order valence-corrected chi connectivity index (χ4v) is 1.63. The summed E-state index contributed by atoms with van der Waals surface area (Å²) in [5, 5.41) is 2.81. The van der Waals surface area contributed by atoms with Gasteiger partial charge in [0.2, 0.25) is 0 Å². The Hall–Kier alpha value is -0.740. The Morgan fingerprint density at radius 1 is 1.38 bits per heavy atom. The van der Waals surface area contributed by atoms with Crippen molar-refractivity contribution in [1.82, 2.24) is 10.2 Å². The van der Waals surface area contributed by atoms with E-state index in [1.165, 1.54) is 6.42 Å². The van der Waals surface area contributed by atoms with E-state index in [0.29, 0.717) is 5.78 Å². The van der Waals surface area contributed by atoms with Crippen LogP contribution in [0.15, 0.2) is 0 Å². The van der Waals surface area contributed by atoms with Crippen LogP contribution in [0.3, 0.4) is 0 Å². The molecule has 1 aliphatic heterocycles. The molecule has 0 amide bonds. The van der Waals surface area contributed by atoms with Gasteiger partial charge in [-0.1, -0.05) is 0 Å². The zero-order valence-corrected chi connectivity index (χ0v) is 11.0. The number of carbonyl (C=O) groups excluding carboxylic acids is 2. The van der Waals surface area contributed by atoms with E-state index in [-0.39, 0.29) is 17.9 Å². The minimum Gasteiger partial charge on any atom is -0.311 e. The molecule has 0 spiro atoms. The van der Waals surface area contributed by atoms with Crippen molar-refractivity contribution < 1.29 is 9.59 Å². The normalized spacial score (nSPS) is 22.2. The van der Waals surface area contributed by atoms with Gasteiger partial charge in [-0.3, -0.25) is 14.5 Å². The highest BCUT2D eigenvalue weighted by Gasteiger charge is 2.23. The summed E-state index contributed by atoms with van der Waals surface area (Å²) in [6.07, 6.45) is 2.24. The van der Waals surface area contributed by atoms with Gasteiger partial charge in [0, 0.05) is 0 Å². The van der Waals surface area contributed by atoms with Gasteiger partial charge in [-0.25, -0.2) is 0 Å². The van der Waals surface area contributed by atoms with E-state index in [0.717, 1.165) is 13.0 Å². The minimum atomic E-state index is 0.0139. The Bertz CT molecular complexity index is 241. The number of likely N-dealkylation sites (N-methyl/N-ethyl adjacent to an activating group) is 2. The fraction of sp³-hybridized carbons (Fsp3) is 0.833. The third kappa shape index (κ3) is 5.37. The smallest absolute Gasteiger partial charge is 0.146 e. The molecule has 94 valence electrons. The largest absolute Gasteiger partial charge is 0.311 e. The molecule has 0 aliphatic carbocycles. The van der Waals surface area contributed by atoms with Gasteiger partial charge in [-0.2, -0.15) is 0 Å². The van der Waals surface area contributed by atoms with Crippen LogP contribution in [0.5, 0.6) is 0 Å². The van der Waals surface area contributed by atoms with Crippen molar-refractivity contribution in [3.05, 3.63) is 0 Å². The molecular weight excluding hydrogens is 204 g/mol. The average Bonchev–Trinajstić information content (AvgIpc) is 2.64. The van der Waals surface area contributed by atoms with Crippen LogP contribution in [-0.2, 0) is 9.59 Å². The standard InChI is InChI=1S/C7H13NO.C5H11NO/c1-6(9)7-4-3-5-8(7)2;1-4(6-3)5(2)7/h7H,3-5H2,1-2H3;4,6H,1-3H3/t7-;/m0./s1. The van der Waals surface area contributed by atoms with Gasteiger partial charge in [0.1, 0.15) is 11.6 Å². The zero-order valence-electron chi connectivity index (χ0n) is 11.0. The molecule has 1 unspecified atom stereocenters. The Morgan fingerprint density at radius 2 is 1.94 bits per heavy atom. The highest BCUT2D eigenvalue weighted by atomic mass is 16.1. The van der Waals surface area contributed by atoms with Crippen LogP contribution < -0.4 is 5.32 Å². The first-order valence-electron chi connectivity index (χ1n) is 5.78. The molecule has 2 atom stereocenters. The van der Waals surface area contributed by atoms with Gasteiger partial charge in [0.05, 0.1) is 12.1 Å². The average molecular weight is 228 g/mol. The third-order valence-corrected chi connectivity index (χ3v) is 3.03. The summed E-state index contributed by atoms with van der Waals surface area (Å²) in [5.41, 5.74) is 0. The van der Waals surface area contributed by atoms with Gasteiger partial charge in [-0.05, 0) is 54.3 Å². The zero-order chi connectivity index (χ0) is 12.7. The molecule has 1 saturated heterocycles. The minimum absolute atomic E-state index is 0.0139. The topological polar surface area (TPSA) is 49.4 Å². The monoisotopic (exact) mass is 228 g/mol. The molecule has 0 radical (unpaired) electrons. The Balaban J connectivity index is 0.000000293. The van der Waals surface area contributed by atoms with Crippen molar-refractivity contribution in [2.24, 2.45) is 0 Å². The van der Waals surface area contributed by atoms with E-state index in [9.17, 15) is 9.59 Å². The summed E-state index contributed by atoms with van der Waals surface area (Å²) in [6.45, 7) is 6.17. The second-order valence-corrected chi connectivity index (χ2v) is 4.37. The molecule has 4 heteroatoms. The van der Waals surface area contributed by atoms with Crippen molar-refractivity contribution in [3.8, 4) is 0 Å². The lowest BCUT2D eigenvalue weighted by Gasteiger charge is -2.14. The van der Waals surface area contributed by atoms with E-state index in [1.807, 2.05) is 14.0 Å². The summed E-state index contributed by atoms with van der Waals surface area (Å²) < 4.78 is 0. The number of nitrogens with zero attached hydrogens (tertiary/aromatic N) is 1. The van der Waals surface area contributed by atoms with Gasteiger partial charge in [0.15, 0.2) is 0 Å². The highest BCUT2D eigenvalue weighted by molar-refractivity contribution is 5.81. The lowest BCUT2D eigenvalue weighted by atomic mass is 10.1. The Morgan fingerprint density at radius 3 is 2.06 bits per heavy atom. The van der Waals surface area contributed by atoms with Crippen LogP contribution in [-0.4, -0.2) is 49.2 Å². The molecule has 0 saturated carbocycles. The van der Waals surface area contributed by atoms with Crippen LogP contribution in [0.1, 0.15) is 33.6 Å². The molecule has 1 heterocycles. The summed E-state index contributed by atoms with van der Waals surface area (Å²) in [5.74, 6) is 0.498. The first-order chi connectivity index (χ1) is 7.40. The second-order valence-electron chi connectivity index (χ2n) is 4.37. The highest BCUT2D eigenvalue weighted by Crippen LogP contribution is 2.14. The number of Topliss-reactive ketones (excluding diaryl/α,β-unsaturated/α-hetero) is 2. The van der Waals surface area contributed by atoms with Crippen molar-refractivity contribution in [3.63, 3.8) is 0 Å². The molecule has 1 N–H and O–H groups in total. The van der Waals surface area contributed by atoms with E-state index in [2.05, 4.69) is 10.2 Å². The van der Waals surface area contributed by atoms with Crippen molar-refractivity contribution in [2.75, 3.05) is 20.6 Å².